The van der Waals surface area contributed by atoms with Crippen molar-refractivity contribution in [3.63, 3.8) is 0 Å². The molecule has 0 heterocycles. The molecular formula is C8H13O5P. The third kappa shape index (κ3) is 1.93. The van der Waals surface area contributed by atoms with Crippen LogP contribution in [0.5, 0.6) is 0 Å². The van der Waals surface area contributed by atoms with Crippen LogP contribution in [0.3, 0.4) is 0 Å². The van der Waals surface area contributed by atoms with Crippen LogP contribution in [0.1, 0.15) is 0 Å². The second kappa shape index (κ2) is 3.55. The van der Waals surface area contributed by atoms with Crippen molar-refractivity contribution in [2.24, 2.45) is 0 Å². The molecule has 0 aromatic heterocycles. The average molecular weight is 220 g/mol. The monoisotopic (exact) mass is 220 g/mol. The van der Waals surface area contributed by atoms with Crippen molar-refractivity contribution in [3.05, 3.63) is 30.3 Å². The second-order valence-corrected chi connectivity index (χ2v) is 6.24. The van der Waals surface area contributed by atoms with E-state index >= 15 is 0 Å². The minimum atomic E-state index is -5.35. The van der Waals surface area contributed by atoms with Crippen LogP contribution in [-0.4, -0.2) is 37.3 Å². The van der Waals surface area contributed by atoms with Crippen LogP contribution in [-0.2, 0) is 0 Å². The zero-order valence-electron chi connectivity index (χ0n) is 7.35. The molecule has 0 amide bonds. The molecule has 1 unspecified atom stereocenters. The second-order valence-electron chi connectivity index (χ2n) is 3.04. The molecule has 1 atom stereocenters. The van der Waals surface area contributed by atoms with Gasteiger partial charge < -0.3 is 0 Å². The van der Waals surface area contributed by atoms with Crippen LogP contribution in [0.2, 0.25) is 0 Å². The molecule has 0 aliphatic heterocycles. The maximum absolute atomic E-state index is 9.55. The Hall–Kier alpha value is -0.550. The first-order valence-corrected chi connectivity index (χ1v) is 6.14. The molecule has 80 valence electrons. The molecule has 14 heavy (non-hydrogen) atoms. The topological polar surface area (TPSA) is 101 Å². The third-order valence-corrected chi connectivity index (χ3v) is 4.51. The molecule has 0 radical (unpaired) electrons. The van der Waals surface area contributed by atoms with Crippen molar-refractivity contribution >= 4 is 12.6 Å². The van der Waals surface area contributed by atoms with Crippen molar-refractivity contribution in [3.8, 4) is 0 Å². The summed E-state index contributed by atoms with van der Waals surface area (Å²) in [7, 11) is -5.35. The molecule has 1 aromatic carbocycles. The van der Waals surface area contributed by atoms with Gasteiger partial charge in [0, 0.05) is 0 Å². The number of aliphatic hydroxyl groups excluding tert-OH is 2. The van der Waals surface area contributed by atoms with E-state index in [9.17, 15) is 14.7 Å². The van der Waals surface area contributed by atoms with E-state index in [4.69, 9.17) is 10.2 Å². The van der Waals surface area contributed by atoms with Gasteiger partial charge in [0.15, 0.2) is 0 Å². The molecule has 0 spiro atoms. The third-order valence-electron chi connectivity index (χ3n) is 1.96. The van der Waals surface area contributed by atoms with E-state index in [0.717, 1.165) is 0 Å². The summed E-state index contributed by atoms with van der Waals surface area (Å²) in [6.07, 6.45) is 0. The zero-order valence-corrected chi connectivity index (χ0v) is 8.25. The SMILES string of the molecule is OCC(O)P(O)(O)(O)c1ccccc1. The van der Waals surface area contributed by atoms with E-state index in [1.165, 1.54) is 24.3 Å². The van der Waals surface area contributed by atoms with E-state index in [2.05, 4.69) is 0 Å². The number of hydrogen-bond acceptors (Lipinski definition) is 5. The van der Waals surface area contributed by atoms with Crippen LogP contribution in [0.15, 0.2) is 30.3 Å². The van der Waals surface area contributed by atoms with Crippen LogP contribution in [0.4, 0.5) is 0 Å². The molecule has 0 aliphatic carbocycles. The van der Waals surface area contributed by atoms with Gasteiger partial charge in [-0.05, 0) is 0 Å². The van der Waals surface area contributed by atoms with Crippen molar-refractivity contribution in [1.82, 2.24) is 0 Å². The number of rotatable bonds is 3. The van der Waals surface area contributed by atoms with E-state index in [1.807, 2.05) is 0 Å². The van der Waals surface area contributed by atoms with Crippen LogP contribution >= 0.6 is 7.28 Å². The average Bonchev–Trinajstić information content (AvgIpc) is 2.17. The van der Waals surface area contributed by atoms with E-state index in [-0.39, 0.29) is 5.30 Å². The van der Waals surface area contributed by atoms with Crippen molar-refractivity contribution < 1.29 is 24.9 Å². The molecule has 1 aromatic rings. The van der Waals surface area contributed by atoms with Gasteiger partial charge in [-0.3, -0.25) is 0 Å². The van der Waals surface area contributed by atoms with Gasteiger partial charge in [-0.2, -0.15) is 0 Å². The summed E-state index contributed by atoms with van der Waals surface area (Å²) < 4.78 is 0. The summed E-state index contributed by atoms with van der Waals surface area (Å²) in [5.41, 5.74) is 0. The first-order valence-electron chi connectivity index (χ1n) is 3.98. The summed E-state index contributed by atoms with van der Waals surface area (Å²) in [6, 6.07) is 7.15. The summed E-state index contributed by atoms with van der Waals surface area (Å²) >= 11 is 0. The molecule has 0 saturated carbocycles. The Morgan fingerprint density at radius 2 is 1.57 bits per heavy atom. The molecule has 0 bridgehead atoms. The fourth-order valence-electron chi connectivity index (χ4n) is 1.04. The normalized spacial score (nSPS) is 17.1. The van der Waals surface area contributed by atoms with Crippen LogP contribution in [0, 0.1) is 0 Å². The Morgan fingerprint density at radius 3 is 2.00 bits per heavy atom. The van der Waals surface area contributed by atoms with Gasteiger partial charge in [0.25, 0.3) is 0 Å². The molecule has 5 nitrogen and oxygen atoms in total. The van der Waals surface area contributed by atoms with Crippen molar-refractivity contribution in [2.75, 3.05) is 6.61 Å². The Morgan fingerprint density at radius 1 is 1.07 bits per heavy atom. The first-order chi connectivity index (χ1) is 6.37. The predicted molar refractivity (Wildman–Crippen MR) is 52.7 cm³/mol. The quantitative estimate of drug-likeness (QED) is 0.416. The number of benzene rings is 1. The van der Waals surface area contributed by atoms with Gasteiger partial charge in [-0.1, -0.05) is 0 Å². The van der Waals surface area contributed by atoms with E-state index in [1.54, 1.807) is 6.07 Å². The fourth-order valence-corrected chi connectivity index (χ4v) is 2.43. The summed E-state index contributed by atoms with van der Waals surface area (Å²) in [5, 5.41) is 17.6. The Balaban J connectivity index is 3.17. The standard InChI is InChI=1S/C8H13O5P/c9-6-8(10)14(11,12,13)7-4-2-1-3-5-7/h1-5,8-13H,6H2. The van der Waals surface area contributed by atoms with Crippen molar-refractivity contribution in [2.45, 2.75) is 5.85 Å². The molecular weight excluding hydrogens is 207 g/mol. The summed E-state index contributed by atoms with van der Waals surface area (Å²) in [4.78, 5) is 28.7. The number of aliphatic hydroxyl groups is 2. The fraction of sp³-hybridized carbons (Fsp3) is 0.250. The first kappa shape index (κ1) is 11.5. The predicted octanol–water partition coefficient (Wildman–Crippen LogP) is -1.10. The Kier molecular flexibility index (Phi) is 2.92. The molecule has 5 N–H and O–H groups in total. The number of hydrogen-bond donors (Lipinski definition) is 5. The molecule has 1 rings (SSSR count). The Bertz CT molecular complexity index is 305. The Labute approximate surface area is 81.1 Å². The minimum absolute atomic E-state index is 0.181. The molecule has 0 fully saturated rings. The van der Waals surface area contributed by atoms with Gasteiger partial charge in [-0.25, -0.2) is 0 Å². The summed E-state index contributed by atoms with van der Waals surface area (Å²) in [5.74, 6) is -1.97. The van der Waals surface area contributed by atoms with Crippen LogP contribution in [0.25, 0.3) is 0 Å². The van der Waals surface area contributed by atoms with E-state index in [0.29, 0.717) is 0 Å². The van der Waals surface area contributed by atoms with Gasteiger partial charge in [-0.15, -0.1) is 0 Å². The van der Waals surface area contributed by atoms with Crippen LogP contribution < -0.4 is 5.30 Å². The van der Waals surface area contributed by atoms with Gasteiger partial charge in [0.05, 0.1) is 0 Å². The maximum atomic E-state index is 9.55. The summed E-state index contributed by atoms with van der Waals surface area (Å²) in [6.45, 7) is -0.920. The molecule has 0 aliphatic rings. The molecule has 6 heteroatoms. The molecule has 0 saturated heterocycles. The zero-order chi connectivity index (χ0) is 10.8. The van der Waals surface area contributed by atoms with E-state index < -0.39 is 19.7 Å². The van der Waals surface area contributed by atoms with Gasteiger partial charge in [0.2, 0.25) is 0 Å². The van der Waals surface area contributed by atoms with Crippen molar-refractivity contribution in [1.29, 1.82) is 0 Å². The van der Waals surface area contributed by atoms with Gasteiger partial charge >= 0.3 is 80.3 Å². The van der Waals surface area contributed by atoms with Gasteiger partial charge in [0.1, 0.15) is 0 Å².